The summed E-state index contributed by atoms with van der Waals surface area (Å²) in [6, 6.07) is 3.58. The minimum absolute atomic E-state index is 0.0885. The molecule has 0 saturated carbocycles. The quantitative estimate of drug-likeness (QED) is 0.644. The summed E-state index contributed by atoms with van der Waals surface area (Å²) in [5.74, 6) is -0.471. The number of aliphatic hydroxyl groups is 1. The third-order valence-corrected chi connectivity index (χ3v) is 2.18. The van der Waals surface area contributed by atoms with Crippen LogP contribution in [0.25, 0.3) is 0 Å². The molecule has 0 amide bonds. The van der Waals surface area contributed by atoms with Crippen molar-refractivity contribution >= 4 is 0 Å². The molecular formula is C12H14F4O3. The molecule has 0 fully saturated rings. The second-order valence-electron chi connectivity index (χ2n) is 3.87. The zero-order valence-electron chi connectivity index (χ0n) is 10.2. The van der Waals surface area contributed by atoms with Crippen LogP contribution in [0.3, 0.4) is 0 Å². The van der Waals surface area contributed by atoms with E-state index in [1.807, 2.05) is 0 Å². The van der Waals surface area contributed by atoms with Gasteiger partial charge in [-0.05, 0) is 19.1 Å². The van der Waals surface area contributed by atoms with Crippen molar-refractivity contribution in [3.05, 3.63) is 29.6 Å². The number of hydrogen-bond acceptors (Lipinski definition) is 3. The maximum atomic E-state index is 13.0. The number of hydrogen-bond donors (Lipinski definition) is 1. The van der Waals surface area contributed by atoms with Gasteiger partial charge in [0.25, 0.3) is 0 Å². The summed E-state index contributed by atoms with van der Waals surface area (Å²) in [5, 5.41) is 9.42. The van der Waals surface area contributed by atoms with Gasteiger partial charge in [-0.3, -0.25) is 0 Å². The van der Waals surface area contributed by atoms with Crippen LogP contribution in [0, 0.1) is 5.82 Å². The van der Waals surface area contributed by atoms with Gasteiger partial charge in [-0.2, -0.15) is 13.2 Å². The second-order valence-corrected chi connectivity index (χ2v) is 3.87. The van der Waals surface area contributed by atoms with Crippen molar-refractivity contribution in [1.29, 1.82) is 0 Å². The van der Waals surface area contributed by atoms with Crippen molar-refractivity contribution in [2.45, 2.75) is 19.2 Å². The van der Waals surface area contributed by atoms with Crippen LogP contribution in [0.4, 0.5) is 17.6 Å². The van der Waals surface area contributed by atoms with Crippen LogP contribution in [0.15, 0.2) is 18.2 Å². The highest BCUT2D eigenvalue weighted by molar-refractivity contribution is 5.35. The van der Waals surface area contributed by atoms with E-state index in [-0.39, 0.29) is 19.0 Å². The molecule has 0 aliphatic carbocycles. The minimum Gasteiger partial charge on any atom is -0.491 e. The van der Waals surface area contributed by atoms with E-state index in [0.717, 1.165) is 12.1 Å². The van der Waals surface area contributed by atoms with Gasteiger partial charge < -0.3 is 14.6 Å². The first-order valence-corrected chi connectivity index (χ1v) is 5.54. The van der Waals surface area contributed by atoms with Crippen molar-refractivity contribution in [2.75, 3.05) is 19.8 Å². The van der Waals surface area contributed by atoms with Gasteiger partial charge in [-0.1, -0.05) is 0 Å². The zero-order chi connectivity index (χ0) is 14.5. The van der Waals surface area contributed by atoms with Crippen molar-refractivity contribution in [3.8, 4) is 5.75 Å². The number of alkyl halides is 3. The van der Waals surface area contributed by atoms with Gasteiger partial charge in [0.1, 0.15) is 24.8 Å². The van der Waals surface area contributed by atoms with E-state index >= 15 is 0 Å². The molecule has 0 radical (unpaired) electrons. The number of rotatable bonds is 6. The standard InChI is InChI=1S/C12H14F4O3/c1-8(17)10-3-2-9(13)6-11(10)19-5-4-18-7-12(14,15)16/h2-3,6,8,17H,4-5,7H2,1H3/t8-/m0/s1. The van der Waals surface area contributed by atoms with Crippen LogP contribution < -0.4 is 4.74 Å². The predicted molar refractivity (Wildman–Crippen MR) is 59.4 cm³/mol. The first-order chi connectivity index (χ1) is 8.79. The Labute approximate surface area is 107 Å². The molecular weight excluding hydrogens is 268 g/mol. The molecule has 1 aromatic rings. The Bertz CT molecular complexity index is 404. The summed E-state index contributed by atoms with van der Waals surface area (Å²) >= 11 is 0. The molecule has 0 unspecified atom stereocenters. The molecule has 1 rings (SSSR count). The monoisotopic (exact) mass is 282 g/mol. The fourth-order valence-electron chi connectivity index (χ4n) is 1.38. The lowest BCUT2D eigenvalue weighted by atomic mass is 10.1. The average Bonchev–Trinajstić information content (AvgIpc) is 2.26. The molecule has 19 heavy (non-hydrogen) atoms. The first kappa shape index (κ1) is 15.7. The fourth-order valence-corrected chi connectivity index (χ4v) is 1.38. The lowest BCUT2D eigenvalue weighted by Gasteiger charge is -2.14. The Balaban J connectivity index is 2.46. The Morgan fingerprint density at radius 3 is 2.53 bits per heavy atom. The molecule has 0 saturated heterocycles. The molecule has 0 aromatic heterocycles. The van der Waals surface area contributed by atoms with E-state index in [0.29, 0.717) is 5.56 Å². The van der Waals surface area contributed by atoms with Gasteiger partial charge in [0.2, 0.25) is 0 Å². The lowest BCUT2D eigenvalue weighted by molar-refractivity contribution is -0.175. The summed E-state index contributed by atoms with van der Waals surface area (Å²) in [7, 11) is 0. The van der Waals surface area contributed by atoms with Crippen molar-refractivity contribution in [3.63, 3.8) is 0 Å². The zero-order valence-corrected chi connectivity index (χ0v) is 10.2. The van der Waals surface area contributed by atoms with Crippen LogP contribution in [0.2, 0.25) is 0 Å². The van der Waals surface area contributed by atoms with E-state index in [9.17, 15) is 22.7 Å². The maximum Gasteiger partial charge on any atom is 0.411 e. The van der Waals surface area contributed by atoms with Crippen molar-refractivity contribution in [2.24, 2.45) is 0 Å². The SMILES string of the molecule is C[C@H](O)c1ccc(F)cc1OCCOCC(F)(F)F. The summed E-state index contributed by atoms with van der Waals surface area (Å²) in [5.41, 5.74) is 0.359. The number of aliphatic hydroxyl groups excluding tert-OH is 1. The van der Waals surface area contributed by atoms with Crippen LogP contribution in [0.1, 0.15) is 18.6 Å². The van der Waals surface area contributed by atoms with Crippen molar-refractivity contribution < 1.29 is 32.1 Å². The fraction of sp³-hybridized carbons (Fsp3) is 0.500. The average molecular weight is 282 g/mol. The molecule has 1 N–H and O–H groups in total. The molecule has 0 spiro atoms. The Morgan fingerprint density at radius 1 is 1.26 bits per heavy atom. The molecule has 0 aliphatic heterocycles. The predicted octanol–water partition coefficient (Wildman–Crippen LogP) is 2.84. The third-order valence-electron chi connectivity index (χ3n) is 2.18. The van der Waals surface area contributed by atoms with Gasteiger partial charge in [-0.15, -0.1) is 0 Å². The van der Waals surface area contributed by atoms with Gasteiger partial charge in [0, 0.05) is 11.6 Å². The molecule has 108 valence electrons. The van der Waals surface area contributed by atoms with E-state index < -0.39 is 24.7 Å². The van der Waals surface area contributed by atoms with E-state index in [1.165, 1.54) is 13.0 Å². The molecule has 1 aromatic carbocycles. The Hall–Kier alpha value is -1.34. The highest BCUT2D eigenvalue weighted by atomic mass is 19.4. The number of benzene rings is 1. The van der Waals surface area contributed by atoms with Crippen LogP contribution in [-0.4, -0.2) is 31.1 Å². The summed E-state index contributed by atoms with van der Waals surface area (Å²) in [6.45, 7) is -0.336. The minimum atomic E-state index is -4.39. The summed E-state index contributed by atoms with van der Waals surface area (Å²) in [4.78, 5) is 0. The molecule has 3 nitrogen and oxygen atoms in total. The van der Waals surface area contributed by atoms with Gasteiger partial charge in [-0.25, -0.2) is 4.39 Å². The van der Waals surface area contributed by atoms with Crippen LogP contribution in [-0.2, 0) is 4.74 Å². The lowest BCUT2D eigenvalue weighted by Crippen LogP contribution is -2.19. The maximum absolute atomic E-state index is 13.0. The van der Waals surface area contributed by atoms with Gasteiger partial charge in [0.15, 0.2) is 0 Å². The highest BCUT2D eigenvalue weighted by Crippen LogP contribution is 2.26. The first-order valence-electron chi connectivity index (χ1n) is 5.54. The topological polar surface area (TPSA) is 38.7 Å². The summed E-state index contributed by atoms with van der Waals surface area (Å²) in [6.07, 6.45) is -5.25. The third kappa shape index (κ3) is 5.89. The van der Waals surface area contributed by atoms with Gasteiger partial charge in [0.05, 0.1) is 12.7 Å². The molecule has 7 heteroatoms. The normalized spacial score (nSPS) is 13.4. The van der Waals surface area contributed by atoms with E-state index in [2.05, 4.69) is 4.74 Å². The summed E-state index contributed by atoms with van der Waals surface area (Å²) < 4.78 is 57.8. The van der Waals surface area contributed by atoms with E-state index in [4.69, 9.17) is 4.74 Å². The van der Waals surface area contributed by atoms with Gasteiger partial charge >= 0.3 is 6.18 Å². The highest BCUT2D eigenvalue weighted by Gasteiger charge is 2.27. The molecule has 0 bridgehead atoms. The number of halogens is 4. The molecule has 0 heterocycles. The van der Waals surface area contributed by atoms with E-state index in [1.54, 1.807) is 0 Å². The smallest absolute Gasteiger partial charge is 0.411 e. The van der Waals surface area contributed by atoms with Crippen LogP contribution >= 0.6 is 0 Å². The Morgan fingerprint density at radius 2 is 1.95 bits per heavy atom. The Kier molecular flexibility index (Phi) is 5.56. The largest absolute Gasteiger partial charge is 0.491 e. The van der Waals surface area contributed by atoms with Crippen molar-refractivity contribution in [1.82, 2.24) is 0 Å². The molecule has 1 atom stereocenters. The number of ether oxygens (including phenoxy) is 2. The molecule has 0 aliphatic rings. The second kappa shape index (κ2) is 6.72. The van der Waals surface area contributed by atoms with Crippen LogP contribution in [0.5, 0.6) is 5.75 Å².